The number of imide groups is 1. The van der Waals surface area contributed by atoms with Crippen molar-refractivity contribution in [2.45, 2.75) is 44.7 Å². The van der Waals surface area contributed by atoms with Gasteiger partial charge in [0.1, 0.15) is 0 Å². The molecule has 6 nitrogen and oxygen atoms in total. The van der Waals surface area contributed by atoms with Crippen molar-refractivity contribution in [2.75, 3.05) is 19.8 Å². The van der Waals surface area contributed by atoms with Gasteiger partial charge < -0.3 is 10.1 Å². The first-order chi connectivity index (χ1) is 11.7. The third-order valence-electron chi connectivity index (χ3n) is 4.05. The fourth-order valence-corrected chi connectivity index (χ4v) is 3.26. The highest BCUT2D eigenvalue weighted by Gasteiger charge is 2.34. The smallest absolute Gasteiger partial charge is 0.321 e. The van der Waals surface area contributed by atoms with Crippen molar-refractivity contribution in [1.29, 1.82) is 0 Å². The topological polar surface area (TPSA) is 79.5 Å². The lowest BCUT2D eigenvalue weighted by atomic mass is 9.82. The van der Waals surface area contributed by atoms with Gasteiger partial charge in [0, 0.05) is 28.8 Å². The van der Waals surface area contributed by atoms with Crippen molar-refractivity contribution in [3.8, 4) is 0 Å². The molecule has 1 aliphatic heterocycles. The molecule has 1 heterocycles. The quantitative estimate of drug-likeness (QED) is 0.711. The van der Waals surface area contributed by atoms with Crippen LogP contribution in [-0.4, -0.2) is 37.2 Å². The second-order valence-electron chi connectivity index (χ2n) is 7.31. The van der Waals surface area contributed by atoms with Crippen LogP contribution >= 0.6 is 15.9 Å². The van der Waals surface area contributed by atoms with Gasteiger partial charge in [-0.25, -0.2) is 4.79 Å². The molecule has 3 N–H and O–H groups in total. The number of halogens is 1. The lowest BCUT2D eigenvalue weighted by Crippen LogP contribution is -2.53. The van der Waals surface area contributed by atoms with Gasteiger partial charge in [0.25, 0.3) is 0 Å². The summed E-state index contributed by atoms with van der Waals surface area (Å²) < 4.78 is 6.48. The number of carbonyl (C=O) groups excluding carboxylic acids is 2. The average molecular weight is 412 g/mol. The van der Waals surface area contributed by atoms with Crippen molar-refractivity contribution in [2.24, 2.45) is 0 Å². The normalized spacial score (nSPS) is 17.0. The second kappa shape index (κ2) is 8.29. The number of nitrogens with one attached hydrogen (secondary N) is 3. The number of ether oxygens (including phenoxy) is 1. The molecule has 0 atom stereocenters. The number of carbonyl (C=O) groups is 2. The molecule has 1 fully saturated rings. The summed E-state index contributed by atoms with van der Waals surface area (Å²) in [7, 11) is 0. The van der Waals surface area contributed by atoms with Crippen LogP contribution in [0.2, 0.25) is 0 Å². The van der Waals surface area contributed by atoms with Crippen LogP contribution < -0.4 is 16.0 Å². The molecule has 0 saturated carbocycles. The highest BCUT2D eigenvalue weighted by Crippen LogP contribution is 2.33. The Balaban J connectivity index is 2.01. The Morgan fingerprint density at radius 2 is 1.92 bits per heavy atom. The monoisotopic (exact) mass is 411 g/mol. The Labute approximate surface area is 157 Å². The van der Waals surface area contributed by atoms with Gasteiger partial charge >= 0.3 is 6.03 Å². The summed E-state index contributed by atoms with van der Waals surface area (Å²) in [6.07, 6.45) is 1.54. The molecule has 0 unspecified atom stereocenters. The number of urea groups is 1. The predicted molar refractivity (Wildman–Crippen MR) is 100 cm³/mol. The van der Waals surface area contributed by atoms with Gasteiger partial charge in [0.15, 0.2) is 0 Å². The zero-order valence-corrected chi connectivity index (χ0v) is 16.5. The van der Waals surface area contributed by atoms with E-state index in [1.54, 1.807) is 0 Å². The molecule has 7 heteroatoms. The summed E-state index contributed by atoms with van der Waals surface area (Å²) in [5, 5.41) is 8.43. The highest BCUT2D eigenvalue weighted by atomic mass is 79.9. The van der Waals surface area contributed by atoms with E-state index in [2.05, 4.69) is 37.9 Å². The molecule has 1 aliphatic rings. The van der Waals surface area contributed by atoms with E-state index < -0.39 is 11.6 Å². The summed E-state index contributed by atoms with van der Waals surface area (Å²) in [5.74, 6) is -0.359. The molecule has 1 aromatic rings. The van der Waals surface area contributed by atoms with E-state index in [9.17, 15) is 9.59 Å². The fraction of sp³-hybridized carbons (Fsp3) is 0.556. The van der Waals surface area contributed by atoms with E-state index in [1.165, 1.54) is 0 Å². The van der Waals surface area contributed by atoms with E-state index in [4.69, 9.17) is 4.74 Å². The second-order valence-corrected chi connectivity index (χ2v) is 8.23. The number of benzene rings is 1. The molecule has 1 aromatic carbocycles. The van der Waals surface area contributed by atoms with Crippen LogP contribution in [0.15, 0.2) is 28.7 Å². The molecule has 0 aliphatic carbocycles. The Morgan fingerprint density at radius 1 is 1.24 bits per heavy atom. The number of hydrogen-bond donors (Lipinski definition) is 3. The van der Waals surface area contributed by atoms with Crippen molar-refractivity contribution in [3.63, 3.8) is 0 Å². The zero-order valence-electron chi connectivity index (χ0n) is 14.9. The van der Waals surface area contributed by atoms with E-state index in [1.807, 2.05) is 39.0 Å². The molecule has 138 valence electrons. The van der Waals surface area contributed by atoms with Crippen LogP contribution in [-0.2, 0) is 15.1 Å². The molecule has 0 bridgehead atoms. The lowest BCUT2D eigenvalue weighted by Gasteiger charge is -2.38. The lowest BCUT2D eigenvalue weighted by molar-refractivity contribution is -0.119. The first kappa shape index (κ1) is 19.9. The minimum absolute atomic E-state index is 0.0596. The van der Waals surface area contributed by atoms with E-state index in [0.29, 0.717) is 13.2 Å². The van der Waals surface area contributed by atoms with Crippen molar-refractivity contribution in [1.82, 2.24) is 16.0 Å². The van der Waals surface area contributed by atoms with Crippen LogP contribution in [0.3, 0.4) is 0 Å². The van der Waals surface area contributed by atoms with Crippen LogP contribution in [0.1, 0.15) is 39.2 Å². The maximum Gasteiger partial charge on any atom is 0.321 e. The Morgan fingerprint density at radius 3 is 2.52 bits per heavy atom. The van der Waals surface area contributed by atoms with Gasteiger partial charge in [-0.1, -0.05) is 28.1 Å². The molecule has 25 heavy (non-hydrogen) atoms. The predicted octanol–water partition coefficient (Wildman–Crippen LogP) is 2.67. The Kier molecular flexibility index (Phi) is 6.59. The molecule has 2 rings (SSSR count). The number of hydrogen-bond acceptors (Lipinski definition) is 4. The Hall–Kier alpha value is -1.44. The largest absolute Gasteiger partial charge is 0.381 e. The third kappa shape index (κ3) is 6.09. The minimum Gasteiger partial charge on any atom is -0.381 e. The van der Waals surface area contributed by atoms with Gasteiger partial charge in [-0.2, -0.15) is 0 Å². The molecular formula is C18H26BrN3O3. The van der Waals surface area contributed by atoms with Gasteiger partial charge in [-0.3, -0.25) is 15.4 Å². The summed E-state index contributed by atoms with van der Waals surface area (Å²) in [4.78, 5) is 24.0. The summed E-state index contributed by atoms with van der Waals surface area (Å²) in [5.41, 5.74) is 0.382. The van der Waals surface area contributed by atoms with E-state index in [-0.39, 0.29) is 18.0 Å². The molecular weight excluding hydrogens is 386 g/mol. The minimum atomic E-state index is -0.484. The van der Waals surface area contributed by atoms with E-state index >= 15 is 0 Å². The summed E-state index contributed by atoms with van der Waals surface area (Å²) in [6.45, 7) is 6.90. The summed E-state index contributed by atoms with van der Waals surface area (Å²) in [6, 6.07) is 7.58. The van der Waals surface area contributed by atoms with Gasteiger partial charge in [-0.15, -0.1) is 0 Å². The van der Waals surface area contributed by atoms with E-state index in [0.717, 1.165) is 22.9 Å². The van der Waals surface area contributed by atoms with Crippen LogP contribution in [0, 0.1) is 0 Å². The molecule has 0 spiro atoms. The standard InChI is InChI=1S/C18H26BrN3O3/c1-17(2,3)22-16(24)21-15(23)12-20-18(7-9-25-10-8-18)13-5-4-6-14(19)11-13/h4-6,11,20H,7-10,12H2,1-3H3,(H2,21,22,23,24). The van der Waals surface area contributed by atoms with Gasteiger partial charge in [0.05, 0.1) is 6.54 Å². The summed E-state index contributed by atoms with van der Waals surface area (Å²) >= 11 is 3.50. The van der Waals surface area contributed by atoms with Crippen LogP contribution in [0.4, 0.5) is 4.79 Å². The first-order valence-electron chi connectivity index (χ1n) is 8.41. The molecule has 1 saturated heterocycles. The highest BCUT2D eigenvalue weighted by molar-refractivity contribution is 9.10. The van der Waals surface area contributed by atoms with Crippen molar-refractivity contribution < 1.29 is 14.3 Å². The maximum atomic E-state index is 12.1. The van der Waals surface area contributed by atoms with Gasteiger partial charge in [-0.05, 0) is 51.3 Å². The van der Waals surface area contributed by atoms with Gasteiger partial charge in [0.2, 0.25) is 5.91 Å². The van der Waals surface area contributed by atoms with Crippen molar-refractivity contribution in [3.05, 3.63) is 34.3 Å². The molecule has 0 radical (unpaired) electrons. The number of rotatable bonds is 4. The molecule has 3 amide bonds. The third-order valence-corrected chi connectivity index (χ3v) is 4.55. The van der Waals surface area contributed by atoms with Crippen LogP contribution in [0.5, 0.6) is 0 Å². The Bertz CT molecular complexity index is 622. The fourth-order valence-electron chi connectivity index (χ4n) is 2.87. The first-order valence-corrected chi connectivity index (χ1v) is 9.20. The SMILES string of the molecule is CC(C)(C)NC(=O)NC(=O)CNC1(c2cccc(Br)c2)CCOCC1. The average Bonchev–Trinajstić information content (AvgIpc) is 2.52. The van der Waals surface area contributed by atoms with Crippen molar-refractivity contribution >= 4 is 27.9 Å². The van der Waals surface area contributed by atoms with Crippen LogP contribution in [0.25, 0.3) is 0 Å². The number of amides is 3. The molecule has 0 aromatic heterocycles. The maximum absolute atomic E-state index is 12.1. The zero-order chi connectivity index (χ0) is 18.5.